The summed E-state index contributed by atoms with van der Waals surface area (Å²) in [6.45, 7) is 9.90. The fourth-order valence-corrected chi connectivity index (χ4v) is 3.03. The Morgan fingerprint density at radius 1 is 1.30 bits per heavy atom. The van der Waals surface area contributed by atoms with E-state index in [9.17, 15) is 9.90 Å². The van der Waals surface area contributed by atoms with Crippen molar-refractivity contribution in [2.75, 3.05) is 32.8 Å². The summed E-state index contributed by atoms with van der Waals surface area (Å²) in [5.74, 6) is 0.603. The predicted octanol–water partition coefficient (Wildman–Crippen LogP) is 1.70. The van der Waals surface area contributed by atoms with Gasteiger partial charge in [-0.1, -0.05) is 13.8 Å². The van der Waals surface area contributed by atoms with Gasteiger partial charge >= 0.3 is 6.09 Å². The van der Waals surface area contributed by atoms with Crippen molar-refractivity contribution in [3.63, 3.8) is 0 Å². The number of likely N-dealkylation sites (tertiary alicyclic amines) is 1. The number of aliphatic hydroxyl groups excluding tert-OH is 1. The normalized spacial score (nSPS) is 24.4. The molecule has 5 heteroatoms. The number of nitrogens with zero attached hydrogens (tertiary/aromatic N) is 2. The predicted molar refractivity (Wildman–Crippen MR) is 77.6 cm³/mol. The third-order valence-electron chi connectivity index (χ3n) is 4.61. The fourth-order valence-electron chi connectivity index (χ4n) is 3.03. The van der Waals surface area contributed by atoms with E-state index in [1.807, 2.05) is 11.8 Å². The molecule has 0 aromatic rings. The lowest BCUT2D eigenvalue weighted by Gasteiger charge is -2.39. The van der Waals surface area contributed by atoms with Crippen LogP contribution in [0.15, 0.2) is 0 Å². The molecule has 1 spiro atoms. The Hall–Kier alpha value is -0.810. The van der Waals surface area contributed by atoms with Crippen LogP contribution in [0.2, 0.25) is 0 Å². The Morgan fingerprint density at radius 2 is 1.95 bits per heavy atom. The topological polar surface area (TPSA) is 53.0 Å². The summed E-state index contributed by atoms with van der Waals surface area (Å²) in [5, 5.41) is 9.21. The molecule has 1 atom stereocenters. The molecular weight excluding hydrogens is 256 g/mol. The van der Waals surface area contributed by atoms with E-state index in [2.05, 4.69) is 18.7 Å². The van der Waals surface area contributed by atoms with E-state index in [-0.39, 0.29) is 24.3 Å². The van der Waals surface area contributed by atoms with Crippen molar-refractivity contribution in [2.24, 2.45) is 5.92 Å². The highest BCUT2D eigenvalue weighted by Gasteiger charge is 2.47. The first-order valence-corrected chi connectivity index (χ1v) is 7.78. The number of amides is 1. The smallest absolute Gasteiger partial charge is 0.410 e. The second kappa shape index (κ2) is 6.31. The third kappa shape index (κ3) is 3.44. The number of hydrogen-bond donors (Lipinski definition) is 1. The molecule has 0 aromatic heterocycles. The minimum absolute atomic E-state index is 0.144. The molecule has 2 saturated heterocycles. The first-order valence-electron chi connectivity index (χ1n) is 7.78. The molecule has 20 heavy (non-hydrogen) atoms. The number of aliphatic hydroxyl groups is 1. The fraction of sp³-hybridized carbons (Fsp3) is 0.933. The summed E-state index contributed by atoms with van der Waals surface area (Å²) < 4.78 is 5.69. The van der Waals surface area contributed by atoms with Gasteiger partial charge in [0.1, 0.15) is 5.60 Å². The average Bonchev–Trinajstić information content (AvgIpc) is 2.72. The lowest BCUT2D eigenvalue weighted by Crippen LogP contribution is -2.50. The number of ether oxygens (including phenoxy) is 1. The molecule has 2 aliphatic rings. The van der Waals surface area contributed by atoms with E-state index in [1.54, 1.807) is 0 Å². The van der Waals surface area contributed by atoms with Crippen molar-refractivity contribution in [3.05, 3.63) is 0 Å². The van der Waals surface area contributed by atoms with Gasteiger partial charge in [0.05, 0.1) is 13.2 Å². The molecule has 0 radical (unpaired) electrons. The van der Waals surface area contributed by atoms with Crippen LogP contribution in [0.3, 0.4) is 0 Å². The Morgan fingerprint density at radius 3 is 2.50 bits per heavy atom. The maximum absolute atomic E-state index is 12.0. The highest BCUT2D eigenvalue weighted by molar-refractivity contribution is 5.70. The van der Waals surface area contributed by atoms with Crippen molar-refractivity contribution < 1.29 is 14.6 Å². The van der Waals surface area contributed by atoms with E-state index in [1.165, 1.54) is 0 Å². The summed E-state index contributed by atoms with van der Waals surface area (Å²) in [6, 6.07) is 0.196. The molecule has 2 rings (SSSR count). The lowest BCUT2D eigenvalue weighted by atomic mass is 9.90. The van der Waals surface area contributed by atoms with Crippen LogP contribution in [-0.2, 0) is 4.74 Å². The van der Waals surface area contributed by atoms with Gasteiger partial charge in [-0.3, -0.25) is 4.90 Å². The zero-order valence-electron chi connectivity index (χ0n) is 13.0. The number of hydrogen-bond acceptors (Lipinski definition) is 4. The summed E-state index contributed by atoms with van der Waals surface area (Å²) in [6.07, 6.45) is 2.63. The molecular formula is C15H28N2O3. The van der Waals surface area contributed by atoms with Crippen LogP contribution in [0.25, 0.3) is 0 Å². The van der Waals surface area contributed by atoms with Crippen LogP contribution in [0.4, 0.5) is 4.79 Å². The van der Waals surface area contributed by atoms with Crippen LogP contribution in [0.5, 0.6) is 0 Å². The average molecular weight is 284 g/mol. The molecule has 1 amide bonds. The van der Waals surface area contributed by atoms with Crippen molar-refractivity contribution in [1.29, 1.82) is 0 Å². The number of rotatable bonds is 5. The Kier molecular flexibility index (Phi) is 4.91. The van der Waals surface area contributed by atoms with E-state index in [0.717, 1.165) is 45.4 Å². The SMILES string of the molecule is CC(C)CCN1CC2(CCN([C@H](C)CO)CC2)OC1=O. The Bertz CT molecular complexity index is 338. The highest BCUT2D eigenvalue weighted by atomic mass is 16.6. The Balaban J connectivity index is 1.87. The van der Waals surface area contributed by atoms with Crippen molar-refractivity contribution in [3.8, 4) is 0 Å². The summed E-state index contributed by atoms with van der Waals surface area (Å²) >= 11 is 0. The second-order valence-corrected chi connectivity index (χ2v) is 6.72. The van der Waals surface area contributed by atoms with E-state index < -0.39 is 0 Å². The molecule has 2 heterocycles. The van der Waals surface area contributed by atoms with Gasteiger partial charge in [-0.05, 0) is 19.3 Å². The van der Waals surface area contributed by atoms with Gasteiger partial charge in [0.15, 0.2) is 0 Å². The number of piperidine rings is 1. The molecule has 0 saturated carbocycles. The van der Waals surface area contributed by atoms with Crippen LogP contribution >= 0.6 is 0 Å². The van der Waals surface area contributed by atoms with Gasteiger partial charge in [-0.15, -0.1) is 0 Å². The molecule has 5 nitrogen and oxygen atoms in total. The van der Waals surface area contributed by atoms with Crippen molar-refractivity contribution in [1.82, 2.24) is 9.80 Å². The van der Waals surface area contributed by atoms with E-state index >= 15 is 0 Å². The van der Waals surface area contributed by atoms with Crippen LogP contribution < -0.4 is 0 Å². The minimum atomic E-state index is -0.278. The van der Waals surface area contributed by atoms with Crippen LogP contribution in [0, 0.1) is 5.92 Å². The first kappa shape index (κ1) is 15.6. The number of carbonyl (C=O) groups excluding carboxylic acids is 1. The number of carbonyl (C=O) groups is 1. The molecule has 2 aliphatic heterocycles. The summed E-state index contributed by atoms with van der Waals surface area (Å²) in [4.78, 5) is 16.1. The zero-order valence-corrected chi connectivity index (χ0v) is 13.0. The molecule has 0 aliphatic carbocycles. The molecule has 116 valence electrons. The van der Waals surface area contributed by atoms with Crippen molar-refractivity contribution in [2.45, 2.75) is 51.7 Å². The van der Waals surface area contributed by atoms with Gasteiger partial charge in [-0.25, -0.2) is 4.79 Å². The first-order chi connectivity index (χ1) is 9.46. The van der Waals surface area contributed by atoms with Gasteiger partial charge in [-0.2, -0.15) is 0 Å². The molecule has 1 N–H and O–H groups in total. The zero-order chi connectivity index (χ0) is 14.8. The molecule has 0 bridgehead atoms. The standard InChI is InChI=1S/C15H28N2O3/c1-12(2)4-7-17-11-15(20-14(17)19)5-8-16(9-6-15)13(3)10-18/h12-13,18H,4-11H2,1-3H3/t13-/m1/s1. The van der Waals surface area contributed by atoms with E-state index in [4.69, 9.17) is 4.74 Å². The monoisotopic (exact) mass is 284 g/mol. The molecule has 0 aromatic carbocycles. The Labute approximate surface area is 121 Å². The lowest BCUT2D eigenvalue weighted by molar-refractivity contribution is -0.0145. The largest absolute Gasteiger partial charge is 0.441 e. The maximum atomic E-state index is 12.0. The third-order valence-corrected chi connectivity index (χ3v) is 4.61. The molecule has 2 fully saturated rings. The van der Waals surface area contributed by atoms with E-state index in [0.29, 0.717) is 5.92 Å². The van der Waals surface area contributed by atoms with Crippen molar-refractivity contribution >= 4 is 6.09 Å². The second-order valence-electron chi connectivity index (χ2n) is 6.72. The quantitative estimate of drug-likeness (QED) is 0.835. The van der Waals surface area contributed by atoms with Gasteiger partial charge in [0, 0.05) is 38.5 Å². The summed E-state index contributed by atoms with van der Waals surface area (Å²) in [5.41, 5.74) is -0.278. The van der Waals surface area contributed by atoms with Gasteiger partial charge < -0.3 is 14.7 Å². The molecule has 0 unspecified atom stereocenters. The van der Waals surface area contributed by atoms with Crippen LogP contribution in [-0.4, -0.2) is 65.4 Å². The van der Waals surface area contributed by atoms with Crippen LogP contribution in [0.1, 0.15) is 40.0 Å². The van der Waals surface area contributed by atoms with Gasteiger partial charge in [0.2, 0.25) is 0 Å². The highest BCUT2D eigenvalue weighted by Crippen LogP contribution is 2.33. The summed E-state index contributed by atoms with van der Waals surface area (Å²) in [7, 11) is 0. The minimum Gasteiger partial charge on any atom is -0.441 e. The maximum Gasteiger partial charge on any atom is 0.410 e. The van der Waals surface area contributed by atoms with Gasteiger partial charge in [0.25, 0.3) is 0 Å².